The Labute approximate surface area is 121 Å². The molecule has 112 valence electrons. The van der Waals surface area contributed by atoms with Gasteiger partial charge in [0.2, 0.25) is 0 Å². The molecular weight excluding hydrogens is 254 g/mol. The van der Waals surface area contributed by atoms with E-state index in [9.17, 15) is 5.11 Å². The van der Waals surface area contributed by atoms with Crippen molar-refractivity contribution in [2.24, 2.45) is 0 Å². The van der Waals surface area contributed by atoms with E-state index in [4.69, 9.17) is 9.47 Å². The number of hydrogen-bond acceptors (Lipinski definition) is 4. The molecule has 1 unspecified atom stereocenters. The van der Waals surface area contributed by atoms with Crippen molar-refractivity contribution in [3.8, 4) is 5.75 Å². The van der Waals surface area contributed by atoms with E-state index in [2.05, 4.69) is 11.9 Å². The number of pyridine rings is 1. The van der Waals surface area contributed by atoms with Crippen LogP contribution in [-0.2, 0) is 10.3 Å². The third-order valence-electron chi connectivity index (χ3n) is 3.87. The number of rotatable bonds is 4. The van der Waals surface area contributed by atoms with Crippen LogP contribution in [0.4, 0.5) is 0 Å². The van der Waals surface area contributed by atoms with Gasteiger partial charge in [0.25, 0.3) is 0 Å². The number of hydrogen-bond donors (Lipinski definition) is 1. The second-order valence-electron chi connectivity index (χ2n) is 6.67. The molecule has 1 aliphatic heterocycles. The molecule has 0 spiro atoms. The Bertz CT molecular complexity index is 484. The summed E-state index contributed by atoms with van der Waals surface area (Å²) < 4.78 is 11.6. The zero-order valence-electron chi connectivity index (χ0n) is 13.1. The van der Waals surface area contributed by atoms with Crippen molar-refractivity contribution in [1.29, 1.82) is 0 Å². The fourth-order valence-electron chi connectivity index (χ4n) is 3.03. The Kier molecular flexibility index (Phi) is 3.82. The normalized spacial score (nSPS) is 27.5. The molecule has 1 aromatic rings. The van der Waals surface area contributed by atoms with Gasteiger partial charge in [-0.15, -0.1) is 0 Å². The van der Waals surface area contributed by atoms with Gasteiger partial charge in [-0.25, -0.2) is 0 Å². The Morgan fingerprint density at radius 3 is 2.55 bits per heavy atom. The Balaban J connectivity index is 2.34. The lowest BCUT2D eigenvalue weighted by Crippen LogP contribution is -2.43. The number of aromatic nitrogens is 1. The molecular formula is C16H25NO3. The lowest BCUT2D eigenvalue weighted by Gasteiger charge is -2.35. The summed E-state index contributed by atoms with van der Waals surface area (Å²) in [4.78, 5) is 4.20. The highest BCUT2D eigenvalue weighted by molar-refractivity contribution is 5.32. The summed E-state index contributed by atoms with van der Waals surface area (Å²) in [5, 5.41) is 11.2. The smallest absolute Gasteiger partial charge is 0.137 e. The topological polar surface area (TPSA) is 51.6 Å². The summed E-state index contributed by atoms with van der Waals surface area (Å²) in [6.07, 6.45) is 4.85. The van der Waals surface area contributed by atoms with Gasteiger partial charge in [0.15, 0.2) is 0 Å². The van der Waals surface area contributed by atoms with E-state index < -0.39 is 11.2 Å². The van der Waals surface area contributed by atoms with E-state index in [0.717, 1.165) is 12.0 Å². The molecule has 1 saturated heterocycles. The average Bonchev–Trinajstić information content (AvgIpc) is 2.52. The van der Waals surface area contributed by atoms with Crippen LogP contribution in [0.3, 0.4) is 0 Å². The average molecular weight is 279 g/mol. The third-order valence-corrected chi connectivity index (χ3v) is 3.87. The Morgan fingerprint density at radius 1 is 1.30 bits per heavy atom. The molecule has 1 aromatic heterocycles. The summed E-state index contributed by atoms with van der Waals surface area (Å²) >= 11 is 0. The fourth-order valence-corrected chi connectivity index (χ4v) is 3.03. The second-order valence-corrected chi connectivity index (χ2v) is 6.67. The summed E-state index contributed by atoms with van der Waals surface area (Å²) in [6, 6.07) is 1.87. The van der Waals surface area contributed by atoms with Gasteiger partial charge in [0.1, 0.15) is 11.4 Å². The number of ether oxygens (including phenoxy) is 2. The zero-order valence-corrected chi connectivity index (χ0v) is 13.1. The lowest BCUT2D eigenvalue weighted by atomic mass is 9.78. The van der Waals surface area contributed by atoms with Gasteiger partial charge in [0.05, 0.1) is 24.0 Å². The van der Waals surface area contributed by atoms with E-state index >= 15 is 0 Å². The van der Waals surface area contributed by atoms with Crippen molar-refractivity contribution in [3.05, 3.63) is 24.0 Å². The first-order valence-corrected chi connectivity index (χ1v) is 7.21. The molecule has 2 rings (SSSR count). The molecule has 4 nitrogen and oxygen atoms in total. The molecule has 1 atom stereocenters. The summed E-state index contributed by atoms with van der Waals surface area (Å²) in [7, 11) is 0. The van der Waals surface area contributed by atoms with Crippen molar-refractivity contribution in [2.45, 2.75) is 64.3 Å². The second kappa shape index (κ2) is 5.01. The first-order valence-electron chi connectivity index (χ1n) is 7.21. The van der Waals surface area contributed by atoms with Crippen molar-refractivity contribution in [1.82, 2.24) is 4.98 Å². The molecule has 2 heterocycles. The maximum Gasteiger partial charge on any atom is 0.137 e. The van der Waals surface area contributed by atoms with Gasteiger partial charge >= 0.3 is 0 Å². The highest BCUT2D eigenvalue weighted by Gasteiger charge is 2.57. The van der Waals surface area contributed by atoms with Gasteiger partial charge in [-0.3, -0.25) is 4.98 Å². The van der Waals surface area contributed by atoms with Crippen LogP contribution in [0.15, 0.2) is 18.5 Å². The van der Waals surface area contributed by atoms with Crippen molar-refractivity contribution in [3.63, 3.8) is 0 Å². The maximum atomic E-state index is 11.2. The minimum Gasteiger partial charge on any atom is -0.492 e. The van der Waals surface area contributed by atoms with Gasteiger partial charge in [-0.1, -0.05) is 6.92 Å². The van der Waals surface area contributed by atoms with Crippen molar-refractivity contribution < 1.29 is 14.6 Å². The van der Waals surface area contributed by atoms with Crippen molar-refractivity contribution in [2.75, 3.05) is 6.61 Å². The van der Waals surface area contributed by atoms with E-state index in [1.165, 1.54) is 0 Å². The van der Waals surface area contributed by atoms with Gasteiger partial charge < -0.3 is 14.6 Å². The van der Waals surface area contributed by atoms with Crippen LogP contribution >= 0.6 is 0 Å². The van der Waals surface area contributed by atoms with Crippen LogP contribution < -0.4 is 4.74 Å². The zero-order chi connectivity index (χ0) is 15.0. The molecule has 0 radical (unpaired) electrons. The highest BCUT2D eigenvalue weighted by Crippen LogP contribution is 2.50. The molecule has 0 bridgehead atoms. The van der Waals surface area contributed by atoms with E-state index in [1.54, 1.807) is 12.4 Å². The molecule has 1 aliphatic rings. The lowest BCUT2D eigenvalue weighted by molar-refractivity contribution is -0.129. The minimum atomic E-state index is -1.06. The first kappa shape index (κ1) is 15.3. The molecule has 0 saturated carbocycles. The van der Waals surface area contributed by atoms with E-state index in [0.29, 0.717) is 18.8 Å². The number of nitrogens with zero attached hydrogens (tertiary/aromatic N) is 1. The van der Waals surface area contributed by atoms with Gasteiger partial charge in [-0.2, -0.15) is 0 Å². The summed E-state index contributed by atoms with van der Waals surface area (Å²) in [6.45, 7) is 10.5. The SMILES string of the molecule is CCCOc1cncc(C2(O)CC(C)(C)OC2(C)C)c1. The van der Waals surface area contributed by atoms with Crippen LogP contribution in [0, 0.1) is 0 Å². The molecule has 0 aliphatic carbocycles. The Morgan fingerprint density at radius 2 is 2.00 bits per heavy atom. The molecule has 1 N–H and O–H groups in total. The monoisotopic (exact) mass is 279 g/mol. The largest absolute Gasteiger partial charge is 0.492 e. The fraction of sp³-hybridized carbons (Fsp3) is 0.688. The Hall–Kier alpha value is -1.13. The predicted molar refractivity (Wildman–Crippen MR) is 77.8 cm³/mol. The van der Waals surface area contributed by atoms with Crippen LogP contribution in [0.5, 0.6) is 5.75 Å². The third kappa shape index (κ3) is 2.67. The van der Waals surface area contributed by atoms with Crippen LogP contribution in [0.2, 0.25) is 0 Å². The predicted octanol–water partition coefficient (Wildman–Crippen LogP) is 3.04. The molecule has 0 aromatic carbocycles. The van der Waals surface area contributed by atoms with Crippen LogP contribution in [0.1, 0.15) is 53.0 Å². The van der Waals surface area contributed by atoms with E-state index in [1.807, 2.05) is 33.8 Å². The standard InChI is InChI=1S/C16H25NO3/c1-6-7-19-13-8-12(9-17-10-13)16(18)11-14(2,3)20-15(16,4)5/h8-10,18H,6-7,11H2,1-5H3. The van der Waals surface area contributed by atoms with E-state index in [-0.39, 0.29) is 5.60 Å². The van der Waals surface area contributed by atoms with Gasteiger partial charge in [-0.05, 0) is 40.2 Å². The van der Waals surface area contributed by atoms with Gasteiger partial charge in [0, 0.05) is 18.2 Å². The molecule has 4 heteroatoms. The molecule has 0 amide bonds. The molecule has 20 heavy (non-hydrogen) atoms. The highest BCUT2D eigenvalue weighted by atomic mass is 16.5. The van der Waals surface area contributed by atoms with Crippen LogP contribution in [-0.4, -0.2) is 27.9 Å². The van der Waals surface area contributed by atoms with Crippen LogP contribution in [0.25, 0.3) is 0 Å². The summed E-state index contributed by atoms with van der Waals surface area (Å²) in [5.41, 5.74) is -1.34. The van der Waals surface area contributed by atoms with Crippen molar-refractivity contribution >= 4 is 0 Å². The minimum absolute atomic E-state index is 0.363. The summed E-state index contributed by atoms with van der Waals surface area (Å²) in [5.74, 6) is 0.693. The molecule has 1 fully saturated rings. The first-order chi connectivity index (χ1) is 9.20. The quantitative estimate of drug-likeness (QED) is 0.920. The number of aliphatic hydroxyl groups is 1. The maximum absolute atomic E-state index is 11.2.